The number of hydrogen-bond donors (Lipinski definition) is 4. The lowest BCUT2D eigenvalue weighted by Gasteiger charge is -2.13. The first-order valence-corrected chi connectivity index (χ1v) is 5.88. The summed E-state index contributed by atoms with van der Waals surface area (Å²) in [5.41, 5.74) is 0.139. The molecule has 1 aromatic rings. The summed E-state index contributed by atoms with van der Waals surface area (Å²) in [7, 11) is 0. The summed E-state index contributed by atoms with van der Waals surface area (Å²) in [6, 6.07) is 2.98. The molecule has 0 aliphatic carbocycles. The van der Waals surface area contributed by atoms with Crippen molar-refractivity contribution in [2.24, 2.45) is 0 Å². The number of amides is 1. The maximum absolute atomic E-state index is 11.7. The average Bonchev–Trinajstić information content (AvgIpc) is 2.31. The van der Waals surface area contributed by atoms with Gasteiger partial charge in [-0.25, -0.2) is 4.79 Å². The third kappa shape index (κ3) is 3.71. The maximum atomic E-state index is 11.7. The standard InChI is InChI=1S/C11H12BrNO5/c12-7-2-1-6(5-9(7)15)10(16)13-8(3-4-14)11(17)18/h1-2,5,8,14-15H,3-4H2,(H,13,16)(H,17,18)/t8-/m0/s1. The maximum Gasteiger partial charge on any atom is 0.326 e. The molecular weight excluding hydrogens is 306 g/mol. The van der Waals surface area contributed by atoms with Gasteiger partial charge in [-0.15, -0.1) is 0 Å². The van der Waals surface area contributed by atoms with E-state index in [0.29, 0.717) is 4.47 Å². The van der Waals surface area contributed by atoms with E-state index in [9.17, 15) is 14.7 Å². The molecule has 0 aliphatic rings. The fourth-order valence-electron chi connectivity index (χ4n) is 1.28. The summed E-state index contributed by atoms with van der Waals surface area (Å²) < 4.78 is 0.434. The molecule has 0 aliphatic heterocycles. The highest BCUT2D eigenvalue weighted by atomic mass is 79.9. The van der Waals surface area contributed by atoms with Gasteiger partial charge in [0.2, 0.25) is 0 Å². The minimum absolute atomic E-state index is 0.0798. The highest BCUT2D eigenvalue weighted by Crippen LogP contribution is 2.24. The second-order valence-electron chi connectivity index (χ2n) is 3.54. The molecule has 1 aromatic carbocycles. The summed E-state index contributed by atoms with van der Waals surface area (Å²) in [5, 5.41) is 29.2. The van der Waals surface area contributed by atoms with E-state index < -0.39 is 17.9 Å². The number of phenols is 1. The smallest absolute Gasteiger partial charge is 0.326 e. The monoisotopic (exact) mass is 317 g/mol. The van der Waals surface area contributed by atoms with Gasteiger partial charge in [0.15, 0.2) is 0 Å². The molecule has 0 spiro atoms. The van der Waals surface area contributed by atoms with Crippen LogP contribution in [0.4, 0.5) is 0 Å². The highest BCUT2D eigenvalue weighted by molar-refractivity contribution is 9.10. The Bertz CT molecular complexity index is 463. The first kappa shape index (κ1) is 14.5. The molecule has 0 saturated heterocycles. The molecule has 0 radical (unpaired) electrons. The van der Waals surface area contributed by atoms with Crippen LogP contribution in [0.3, 0.4) is 0 Å². The van der Waals surface area contributed by atoms with E-state index >= 15 is 0 Å². The van der Waals surface area contributed by atoms with Crippen LogP contribution < -0.4 is 5.32 Å². The topological polar surface area (TPSA) is 107 Å². The average molecular weight is 318 g/mol. The summed E-state index contributed by atoms with van der Waals surface area (Å²) in [6.45, 7) is -0.344. The van der Waals surface area contributed by atoms with Crippen molar-refractivity contribution >= 4 is 27.8 Å². The van der Waals surface area contributed by atoms with E-state index in [4.69, 9.17) is 10.2 Å². The predicted octanol–water partition coefficient (Wildman–Crippen LogP) is 0.720. The van der Waals surface area contributed by atoms with Crippen LogP contribution >= 0.6 is 15.9 Å². The fourth-order valence-corrected chi connectivity index (χ4v) is 1.53. The van der Waals surface area contributed by atoms with Crippen molar-refractivity contribution in [3.63, 3.8) is 0 Å². The van der Waals surface area contributed by atoms with Crippen LogP contribution in [0.15, 0.2) is 22.7 Å². The molecule has 1 rings (SSSR count). The summed E-state index contributed by atoms with van der Waals surface area (Å²) >= 11 is 3.07. The molecule has 18 heavy (non-hydrogen) atoms. The van der Waals surface area contributed by atoms with Crippen LogP contribution in [0.1, 0.15) is 16.8 Å². The SMILES string of the molecule is O=C(N[C@@H](CCO)C(=O)O)c1ccc(Br)c(O)c1. The molecule has 6 nitrogen and oxygen atoms in total. The zero-order valence-corrected chi connectivity index (χ0v) is 10.8. The third-order valence-corrected chi connectivity index (χ3v) is 2.90. The molecule has 0 aromatic heterocycles. The van der Waals surface area contributed by atoms with E-state index in [-0.39, 0.29) is 24.3 Å². The number of benzene rings is 1. The Kier molecular flexibility index (Phi) is 5.11. The van der Waals surface area contributed by atoms with Crippen molar-refractivity contribution in [1.29, 1.82) is 0 Å². The summed E-state index contributed by atoms with van der Waals surface area (Å²) in [4.78, 5) is 22.5. The number of hydrogen-bond acceptors (Lipinski definition) is 4. The zero-order valence-electron chi connectivity index (χ0n) is 9.26. The van der Waals surface area contributed by atoms with Crippen molar-refractivity contribution < 1.29 is 24.9 Å². The lowest BCUT2D eigenvalue weighted by atomic mass is 10.1. The first-order valence-electron chi connectivity index (χ1n) is 5.08. The summed E-state index contributed by atoms with van der Waals surface area (Å²) in [5.74, 6) is -1.96. The molecule has 0 bridgehead atoms. The molecule has 4 N–H and O–H groups in total. The van der Waals surface area contributed by atoms with Crippen molar-refractivity contribution in [1.82, 2.24) is 5.32 Å². The van der Waals surface area contributed by atoms with E-state index in [1.165, 1.54) is 18.2 Å². The van der Waals surface area contributed by atoms with Crippen LogP contribution in [-0.4, -0.2) is 39.8 Å². The number of aliphatic carboxylic acids is 1. The Labute approximate surface area is 111 Å². The van der Waals surface area contributed by atoms with Gasteiger partial charge in [-0.2, -0.15) is 0 Å². The summed E-state index contributed by atoms with van der Waals surface area (Å²) in [6.07, 6.45) is -0.0798. The van der Waals surface area contributed by atoms with Gasteiger partial charge < -0.3 is 20.6 Å². The molecule has 0 heterocycles. The number of aliphatic hydroxyl groups excluding tert-OH is 1. The van der Waals surface area contributed by atoms with E-state index in [1.807, 2.05) is 0 Å². The zero-order chi connectivity index (χ0) is 13.7. The van der Waals surface area contributed by atoms with Gasteiger partial charge in [-0.1, -0.05) is 0 Å². The van der Waals surface area contributed by atoms with Crippen LogP contribution in [-0.2, 0) is 4.79 Å². The molecule has 1 atom stereocenters. The largest absolute Gasteiger partial charge is 0.507 e. The minimum atomic E-state index is -1.22. The molecular formula is C11H12BrNO5. The molecule has 0 unspecified atom stereocenters. The van der Waals surface area contributed by atoms with Gasteiger partial charge in [0.25, 0.3) is 5.91 Å². The normalized spacial score (nSPS) is 11.9. The van der Waals surface area contributed by atoms with Gasteiger partial charge in [-0.05, 0) is 34.1 Å². The second-order valence-corrected chi connectivity index (χ2v) is 4.40. The molecule has 98 valence electrons. The van der Waals surface area contributed by atoms with Crippen LogP contribution in [0.2, 0.25) is 0 Å². The van der Waals surface area contributed by atoms with Crippen molar-refractivity contribution in [3.05, 3.63) is 28.2 Å². The number of carbonyl (C=O) groups excluding carboxylic acids is 1. The van der Waals surface area contributed by atoms with Gasteiger partial charge in [0.1, 0.15) is 11.8 Å². The number of aromatic hydroxyl groups is 1. The van der Waals surface area contributed by atoms with Gasteiger partial charge in [0, 0.05) is 18.6 Å². The van der Waals surface area contributed by atoms with E-state index in [2.05, 4.69) is 21.2 Å². The lowest BCUT2D eigenvalue weighted by Crippen LogP contribution is -2.41. The molecule has 0 fully saturated rings. The Balaban J connectivity index is 2.80. The first-order chi connectivity index (χ1) is 8.45. The number of halogens is 1. The second kappa shape index (κ2) is 6.36. The van der Waals surface area contributed by atoms with Gasteiger partial charge in [0.05, 0.1) is 4.47 Å². The number of rotatable bonds is 5. The number of phenolic OH excluding ortho intramolecular Hbond substituents is 1. The van der Waals surface area contributed by atoms with Crippen molar-refractivity contribution in [2.75, 3.05) is 6.61 Å². The number of carbonyl (C=O) groups is 2. The van der Waals surface area contributed by atoms with E-state index in [1.54, 1.807) is 0 Å². The Morgan fingerprint density at radius 3 is 2.56 bits per heavy atom. The quantitative estimate of drug-likeness (QED) is 0.640. The molecule has 7 heteroatoms. The molecule has 0 saturated carbocycles. The van der Waals surface area contributed by atoms with Crippen LogP contribution in [0, 0.1) is 0 Å². The minimum Gasteiger partial charge on any atom is -0.507 e. The number of carboxylic acids is 1. The number of nitrogens with one attached hydrogen (secondary N) is 1. The van der Waals surface area contributed by atoms with E-state index in [0.717, 1.165) is 0 Å². The fraction of sp³-hybridized carbons (Fsp3) is 0.273. The van der Waals surface area contributed by atoms with Gasteiger partial charge >= 0.3 is 5.97 Å². The Morgan fingerprint density at radius 2 is 2.06 bits per heavy atom. The molecule has 1 amide bonds. The number of carboxylic acid groups (broad SMARTS) is 1. The van der Waals surface area contributed by atoms with Gasteiger partial charge in [-0.3, -0.25) is 4.79 Å². The van der Waals surface area contributed by atoms with Crippen LogP contribution in [0.5, 0.6) is 5.75 Å². The predicted molar refractivity (Wildman–Crippen MR) is 66.4 cm³/mol. The number of aliphatic hydroxyl groups is 1. The lowest BCUT2D eigenvalue weighted by molar-refractivity contribution is -0.139. The van der Waals surface area contributed by atoms with Crippen LogP contribution in [0.25, 0.3) is 0 Å². The van der Waals surface area contributed by atoms with Crippen molar-refractivity contribution in [2.45, 2.75) is 12.5 Å². The van der Waals surface area contributed by atoms with Crippen molar-refractivity contribution in [3.8, 4) is 5.75 Å². The Hall–Kier alpha value is -1.60. The Morgan fingerprint density at radius 1 is 1.39 bits per heavy atom. The third-order valence-electron chi connectivity index (χ3n) is 2.23. The highest BCUT2D eigenvalue weighted by Gasteiger charge is 2.20.